The number of ether oxygens (including phenoxy) is 1. The zero-order chi connectivity index (χ0) is 15.6. The van der Waals surface area contributed by atoms with Crippen molar-refractivity contribution in [2.24, 2.45) is 0 Å². The number of benzene rings is 1. The van der Waals surface area contributed by atoms with Crippen LogP contribution >= 0.6 is 11.6 Å². The van der Waals surface area contributed by atoms with E-state index in [1.54, 1.807) is 0 Å². The number of nitrogens with zero attached hydrogens (tertiary/aromatic N) is 1. The van der Waals surface area contributed by atoms with Crippen molar-refractivity contribution in [1.82, 2.24) is 4.31 Å². The van der Waals surface area contributed by atoms with Crippen LogP contribution in [-0.2, 0) is 19.6 Å². The number of carbonyl (C=O) groups is 1. The Kier molecular flexibility index (Phi) is 4.82. The van der Waals surface area contributed by atoms with E-state index < -0.39 is 27.9 Å². The van der Waals surface area contributed by atoms with Crippen molar-refractivity contribution in [1.29, 1.82) is 0 Å². The predicted molar refractivity (Wildman–Crippen MR) is 72.2 cm³/mol. The SMILES string of the molecule is O=C(O)CC1CN(S(=O)(=O)c2cc(F)ccc2Cl)CCO1. The molecule has 116 valence electrons. The predicted octanol–water partition coefficient (Wildman–Crippen LogP) is 1.34. The highest BCUT2D eigenvalue weighted by molar-refractivity contribution is 7.89. The van der Waals surface area contributed by atoms with Crippen LogP contribution in [-0.4, -0.2) is 49.6 Å². The molecule has 0 spiro atoms. The largest absolute Gasteiger partial charge is 0.481 e. The fourth-order valence-corrected chi connectivity index (χ4v) is 3.98. The molecule has 1 aliphatic rings. The summed E-state index contributed by atoms with van der Waals surface area (Å²) in [5, 5.41) is 8.65. The molecule has 9 heteroatoms. The van der Waals surface area contributed by atoms with Gasteiger partial charge in [0.25, 0.3) is 0 Å². The maximum absolute atomic E-state index is 13.2. The average Bonchev–Trinajstić information content (AvgIpc) is 2.41. The van der Waals surface area contributed by atoms with E-state index >= 15 is 0 Å². The van der Waals surface area contributed by atoms with Crippen LogP contribution in [0.2, 0.25) is 5.02 Å². The molecule has 1 fully saturated rings. The fraction of sp³-hybridized carbons (Fsp3) is 0.417. The van der Waals surface area contributed by atoms with E-state index in [2.05, 4.69) is 0 Å². The first kappa shape index (κ1) is 16.2. The Morgan fingerprint density at radius 2 is 2.24 bits per heavy atom. The van der Waals surface area contributed by atoms with Gasteiger partial charge in [-0.05, 0) is 18.2 Å². The number of carboxylic acid groups (broad SMARTS) is 1. The lowest BCUT2D eigenvalue weighted by Gasteiger charge is -2.31. The molecule has 1 N–H and O–H groups in total. The standard InChI is InChI=1S/C12H13ClFNO5S/c13-10-2-1-8(14)5-11(10)21(18,19)15-3-4-20-9(7-15)6-12(16)17/h1-2,5,9H,3-4,6-7H2,(H,16,17). The van der Waals surface area contributed by atoms with Gasteiger partial charge in [-0.1, -0.05) is 11.6 Å². The summed E-state index contributed by atoms with van der Waals surface area (Å²) in [6.45, 7) is 0.0247. The Hall–Kier alpha value is -1.22. The Labute approximate surface area is 126 Å². The second-order valence-corrected chi connectivity index (χ2v) is 6.84. The summed E-state index contributed by atoms with van der Waals surface area (Å²) in [5.74, 6) is -1.80. The van der Waals surface area contributed by atoms with Gasteiger partial charge in [-0.25, -0.2) is 12.8 Å². The van der Waals surface area contributed by atoms with Gasteiger partial charge in [-0.15, -0.1) is 0 Å². The minimum absolute atomic E-state index is 0.0608. The van der Waals surface area contributed by atoms with Gasteiger partial charge in [0.1, 0.15) is 10.7 Å². The Morgan fingerprint density at radius 3 is 2.90 bits per heavy atom. The molecular formula is C12H13ClFNO5S. The molecule has 2 rings (SSSR count). The van der Waals surface area contributed by atoms with Crippen LogP contribution in [0.3, 0.4) is 0 Å². The normalized spacial score (nSPS) is 20.4. The highest BCUT2D eigenvalue weighted by Crippen LogP contribution is 2.27. The summed E-state index contributed by atoms with van der Waals surface area (Å²) in [5.41, 5.74) is 0. The number of hydrogen-bond acceptors (Lipinski definition) is 4. The maximum Gasteiger partial charge on any atom is 0.306 e. The molecule has 0 amide bonds. The lowest BCUT2D eigenvalue weighted by molar-refractivity contribution is -0.141. The summed E-state index contributed by atoms with van der Waals surface area (Å²) in [6.07, 6.45) is -1.04. The fourth-order valence-electron chi connectivity index (χ4n) is 2.04. The number of sulfonamides is 1. The summed E-state index contributed by atoms with van der Waals surface area (Å²) in [6, 6.07) is 3.08. The Balaban J connectivity index is 2.26. The third-order valence-corrected chi connectivity index (χ3v) is 5.36. The first-order valence-corrected chi connectivity index (χ1v) is 7.91. The van der Waals surface area contributed by atoms with Crippen LogP contribution in [0, 0.1) is 5.82 Å². The van der Waals surface area contributed by atoms with E-state index in [1.807, 2.05) is 0 Å². The number of morpholine rings is 1. The first-order chi connectivity index (χ1) is 9.80. The van der Waals surface area contributed by atoms with E-state index in [4.69, 9.17) is 21.4 Å². The molecule has 1 heterocycles. The smallest absolute Gasteiger partial charge is 0.306 e. The second-order valence-electron chi connectivity index (χ2n) is 4.53. The van der Waals surface area contributed by atoms with Crippen molar-refractivity contribution in [2.45, 2.75) is 17.4 Å². The Morgan fingerprint density at radius 1 is 1.52 bits per heavy atom. The molecular weight excluding hydrogens is 325 g/mol. The molecule has 21 heavy (non-hydrogen) atoms. The van der Waals surface area contributed by atoms with Crippen LogP contribution in [0.15, 0.2) is 23.1 Å². The zero-order valence-electron chi connectivity index (χ0n) is 10.8. The number of aliphatic carboxylic acids is 1. The van der Waals surface area contributed by atoms with Gasteiger partial charge in [0.15, 0.2) is 0 Å². The maximum atomic E-state index is 13.2. The molecule has 1 unspecified atom stereocenters. The summed E-state index contributed by atoms with van der Waals surface area (Å²) in [7, 11) is -4.00. The third kappa shape index (κ3) is 3.70. The minimum atomic E-state index is -4.00. The first-order valence-electron chi connectivity index (χ1n) is 6.09. The van der Waals surface area contributed by atoms with Gasteiger partial charge in [0, 0.05) is 13.1 Å². The summed E-state index contributed by atoms with van der Waals surface area (Å²) >= 11 is 5.82. The molecule has 6 nitrogen and oxygen atoms in total. The van der Waals surface area contributed by atoms with Crippen molar-refractivity contribution in [2.75, 3.05) is 19.7 Å². The van der Waals surface area contributed by atoms with Crippen LogP contribution in [0.25, 0.3) is 0 Å². The molecule has 1 saturated heterocycles. The molecule has 1 aliphatic heterocycles. The van der Waals surface area contributed by atoms with E-state index in [0.717, 1.165) is 16.4 Å². The molecule has 1 atom stereocenters. The van der Waals surface area contributed by atoms with Crippen molar-refractivity contribution in [3.05, 3.63) is 29.0 Å². The second kappa shape index (κ2) is 6.27. The van der Waals surface area contributed by atoms with Gasteiger partial charge in [-0.2, -0.15) is 4.31 Å². The van der Waals surface area contributed by atoms with Crippen LogP contribution < -0.4 is 0 Å². The number of hydrogen-bond donors (Lipinski definition) is 1. The molecule has 0 bridgehead atoms. The molecule has 0 saturated carbocycles. The van der Waals surface area contributed by atoms with E-state index in [1.165, 1.54) is 6.07 Å². The number of rotatable bonds is 4. The lowest BCUT2D eigenvalue weighted by atomic mass is 10.2. The Bertz CT molecular complexity index is 651. The molecule has 0 aliphatic carbocycles. The van der Waals surface area contributed by atoms with E-state index in [-0.39, 0.29) is 36.0 Å². The van der Waals surface area contributed by atoms with Crippen molar-refractivity contribution in [3.8, 4) is 0 Å². The van der Waals surface area contributed by atoms with Crippen molar-refractivity contribution in [3.63, 3.8) is 0 Å². The molecule has 1 aromatic rings. The van der Waals surface area contributed by atoms with Crippen molar-refractivity contribution < 1.29 is 27.4 Å². The minimum Gasteiger partial charge on any atom is -0.481 e. The topological polar surface area (TPSA) is 83.9 Å². The molecule has 0 radical (unpaired) electrons. The van der Waals surface area contributed by atoms with Crippen LogP contribution in [0.5, 0.6) is 0 Å². The van der Waals surface area contributed by atoms with Crippen LogP contribution in [0.4, 0.5) is 4.39 Å². The highest BCUT2D eigenvalue weighted by atomic mass is 35.5. The van der Waals surface area contributed by atoms with E-state index in [0.29, 0.717) is 0 Å². The van der Waals surface area contributed by atoms with Gasteiger partial charge in [0.2, 0.25) is 10.0 Å². The molecule has 0 aromatic heterocycles. The summed E-state index contributed by atoms with van der Waals surface area (Å²) < 4.78 is 44.4. The van der Waals surface area contributed by atoms with Gasteiger partial charge in [-0.3, -0.25) is 4.79 Å². The van der Waals surface area contributed by atoms with E-state index in [9.17, 15) is 17.6 Å². The quantitative estimate of drug-likeness (QED) is 0.896. The van der Waals surface area contributed by atoms with Gasteiger partial charge >= 0.3 is 5.97 Å². The monoisotopic (exact) mass is 337 g/mol. The van der Waals surface area contributed by atoms with Crippen LogP contribution in [0.1, 0.15) is 6.42 Å². The number of carboxylic acids is 1. The van der Waals surface area contributed by atoms with Crippen molar-refractivity contribution >= 4 is 27.6 Å². The van der Waals surface area contributed by atoms with Gasteiger partial charge in [0.05, 0.1) is 24.2 Å². The highest BCUT2D eigenvalue weighted by Gasteiger charge is 2.33. The number of halogens is 2. The third-order valence-electron chi connectivity index (χ3n) is 3.01. The summed E-state index contributed by atoms with van der Waals surface area (Å²) in [4.78, 5) is 10.3. The zero-order valence-corrected chi connectivity index (χ0v) is 12.4. The van der Waals surface area contributed by atoms with Gasteiger partial charge < -0.3 is 9.84 Å². The lowest BCUT2D eigenvalue weighted by Crippen LogP contribution is -2.46. The average molecular weight is 338 g/mol. The molecule has 1 aromatic carbocycles.